The number of nitrogens with zero attached hydrogens (tertiary/aromatic N) is 3. The van der Waals surface area contributed by atoms with Crippen LogP contribution in [0.4, 0.5) is 11.6 Å². The van der Waals surface area contributed by atoms with Crippen molar-refractivity contribution in [2.24, 2.45) is 0 Å². The second-order valence-corrected chi connectivity index (χ2v) is 6.44. The average molecular weight is 352 g/mol. The third kappa shape index (κ3) is 2.16. The molecule has 1 aromatic heterocycles. The summed E-state index contributed by atoms with van der Waals surface area (Å²) in [5, 5.41) is 1.87. The second kappa shape index (κ2) is 5.34. The van der Waals surface area contributed by atoms with E-state index in [1.165, 1.54) is 0 Å². The lowest BCUT2D eigenvalue weighted by atomic mass is 10.2. The third-order valence-electron chi connectivity index (χ3n) is 3.83. The number of imidazole rings is 1. The number of anilines is 2. The first-order chi connectivity index (χ1) is 10.6. The molecule has 0 bridgehead atoms. The molecule has 1 aliphatic rings. The summed E-state index contributed by atoms with van der Waals surface area (Å²) < 4.78 is 2.13. The van der Waals surface area contributed by atoms with Crippen molar-refractivity contribution < 1.29 is 0 Å². The Hall–Kier alpha value is -1.42. The molecule has 0 saturated carbocycles. The standard InChI is InChI=1S/C16H11Cl3N3/c17-10-5-6-13(12(19)9-10)21-7-2-8-22-14-4-1-3-11(18)15(14)20-16(21)22/h1,3,5-6,9H,2,7-8H2. The minimum absolute atomic E-state index is 0.614. The fourth-order valence-electron chi connectivity index (χ4n) is 2.86. The first kappa shape index (κ1) is 14.2. The fourth-order valence-corrected chi connectivity index (χ4v) is 3.57. The van der Waals surface area contributed by atoms with Crippen LogP contribution in [-0.4, -0.2) is 16.1 Å². The van der Waals surface area contributed by atoms with Crippen molar-refractivity contribution in [1.82, 2.24) is 9.55 Å². The van der Waals surface area contributed by atoms with Crippen molar-refractivity contribution in [3.8, 4) is 0 Å². The lowest BCUT2D eigenvalue weighted by Crippen LogP contribution is -2.28. The van der Waals surface area contributed by atoms with Crippen LogP contribution in [0.25, 0.3) is 11.0 Å². The number of aryl methyl sites for hydroxylation is 1. The number of rotatable bonds is 1. The molecule has 6 heteroatoms. The van der Waals surface area contributed by atoms with Gasteiger partial charge in [0.2, 0.25) is 5.95 Å². The Morgan fingerprint density at radius 2 is 1.91 bits per heavy atom. The van der Waals surface area contributed by atoms with Crippen LogP contribution in [0, 0.1) is 6.07 Å². The van der Waals surface area contributed by atoms with Gasteiger partial charge in [-0.3, -0.25) is 0 Å². The molecular formula is C16H11Cl3N3. The van der Waals surface area contributed by atoms with E-state index in [-0.39, 0.29) is 0 Å². The number of hydrogen-bond donors (Lipinski definition) is 0. The summed E-state index contributed by atoms with van der Waals surface area (Å²) in [4.78, 5) is 6.81. The minimum atomic E-state index is 0.614. The molecule has 0 N–H and O–H groups in total. The summed E-state index contributed by atoms with van der Waals surface area (Å²) in [5.41, 5.74) is 2.60. The molecule has 3 nitrogen and oxygen atoms in total. The largest absolute Gasteiger partial charge is 0.310 e. The predicted molar refractivity (Wildman–Crippen MR) is 91.7 cm³/mol. The van der Waals surface area contributed by atoms with Crippen LogP contribution < -0.4 is 4.90 Å². The molecule has 0 aliphatic carbocycles. The Labute approximate surface area is 143 Å². The third-order valence-corrected chi connectivity index (χ3v) is 4.67. The summed E-state index contributed by atoms with van der Waals surface area (Å²) in [6, 6.07) is 12.4. The molecule has 4 rings (SSSR count). The number of hydrogen-bond acceptors (Lipinski definition) is 2. The number of aromatic nitrogens is 2. The summed E-state index contributed by atoms with van der Waals surface area (Å²) in [7, 11) is 0. The zero-order chi connectivity index (χ0) is 15.3. The van der Waals surface area contributed by atoms with Gasteiger partial charge in [0.15, 0.2) is 0 Å². The molecule has 2 heterocycles. The maximum Gasteiger partial charge on any atom is 0.211 e. The smallest absolute Gasteiger partial charge is 0.211 e. The van der Waals surface area contributed by atoms with E-state index < -0.39 is 0 Å². The normalized spacial score (nSPS) is 14.4. The number of fused-ring (bicyclic) bond motifs is 3. The van der Waals surface area contributed by atoms with Crippen LogP contribution in [0.1, 0.15) is 6.42 Å². The highest BCUT2D eigenvalue weighted by Gasteiger charge is 2.24. The number of benzene rings is 2. The van der Waals surface area contributed by atoms with Gasteiger partial charge in [-0.15, -0.1) is 0 Å². The van der Waals surface area contributed by atoms with Gasteiger partial charge in [0, 0.05) is 24.2 Å². The van der Waals surface area contributed by atoms with Crippen LogP contribution in [0.3, 0.4) is 0 Å². The van der Waals surface area contributed by atoms with Crippen molar-refractivity contribution in [2.75, 3.05) is 11.4 Å². The van der Waals surface area contributed by atoms with Crippen molar-refractivity contribution >= 4 is 57.5 Å². The van der Waals surface area contributed by atoms with Crippen molar-refractivity contribution in [3.63, 3.8) is 0 Å². The van der Waals surface area contributed by atoms with Crippen LogP contribution in [0.2, 0.25) is 15.1 Å². The summed E-state index contributed by atoms with van der Waals surface area (Å²) in [5.74, 6) is 0.842. The quantitative estimate of drug-likeness (QED) is 0.590. The molecule has 1 radical (unpaired) electrons. The van der Waals surface area contributed by atoms with Crippen LogP contribution in [0.15, 0.2) is 30.3 Å². The Balaban J connectivity index is 1.92. The van der Waals surface area contributed by atoms with E-state index in [2.05, 4.69) is 15.5 Å². The zero-order valence-electron chi connectivity index (χ0n) is 11.5. The van der Waals surface area contributed by atoms with E-state index in [0.29, 0.717) is 15.1 Å². The maximum atomic E-state index is 6.36. The first-order valence-corrected chi connectivity index (χ1v) is 8.07. The molecule has 0 fully saturated rings. The van der Waals surface area contributed by atoms with E-state index in [9.17, 15) is 0 Å². The molecule has 0 amide bonds. The van der Waals surface area contributed by atoms with Crippen LogP contribution in [0.5, 0.6) is 0 Å². The van der Waals surface area contributed by atoms with E-state index in [4.69, 9.17) is 39.8 Å². The Morgan fingerprint density at radius 1 is 1.05 bits per heavy atom. The van der Waals surface area contributed by atoms with Gasteiger partial charge in [0.1, 0.15) is 5.52 Å². The molecule has 0 saturated heterocycles. The Kier molecular flexibility index (Phi) is 3.44. The first-order valence-electron chi connectivity index (χ1n) is 6.94. The monoisotopic (exact) mass is 350 g/mol. The van der Waals surface area contributed by atoms with Gasteiger partial charge in [-0.2, -0.15) is 0 Å². The van der Waals surface area contributed by atoms with Gasteiger partial charge in [0.25, 0.3) is 0 Å². The summed E-state index contributed by atoms with van der Waals surface area (Å²) in [6.45, 7) is 1.74. The molecule has 2 aromatic carbocycles. The maximum absolute atomic E-state index is 6.36. The van der Waals surface area contributed by atoms with Gasteiger partial charge >= 0.3 is 0 Å². The van der Waals surface area contributed by atoms with Gasteiger partial charge in [-0.1, -0.05) is 40.9 Å². The molecule has 0 unspecified atom stereocenters. The van der Waals surface area contributed by atoms with E-state index in [1.54, 1.807) is 6.07 Å². The molecule has 111 valence electrons. The second-order valence-electron chi connectivity index (χ2n) is 5.19. The Morgan fingerprint density at radius 3 is 2.73 bits per heavy atom. The van der Waals surface area contributed by atoms with Gasteiger partial charge in [0.05, 0.1) is 21.2 Å². The minimum Gasteiger partial charge on any atom is -0.310 e. The SMILES string of the molecule is Clc1ccc(N2CCCn3c2nc2c(Cl)cc[c]c23)c(Cl)c1. The van der Waals surface area contributed by atoms with Gasteiger partial charge in [-0.25, -0.2) is 4.98 Å². The van der Waals surface area contributed by atoms with E-state index in [1.807, 2.05) is 24.3 Å². The lowest BCUT2D eigenvalue weighted by molar-refractivity contribution is 0.604. The zero-order valence-corrected chi connectivity index (χ0v) is 13.8. The summed E-state index contributed by atoms with van der Waals surface area (Å²) >= 11 is 18.6. The van der Waals surface area contributed by atoms with Gasteiger partial charge in [-0.05, 0) is 30.7 Å². The molecule has 1 aliphatic heterocycles. The topological polar surface area (TPSA) is 21.1 Å². The summed E-state index contributed by atoms with van der Waals surface area (Å²) in [6.07, 6.45) is 0.998. The number of halogens is 3. The van der Waals surface area contributed by atoms with Crippen molar-refractivity contribution in [1.29, 1.82) is 0 Å². The van der Waals surface area contributed by atoms with Crippen LogP contribution >= 0.6 is 34.8 Å². The fraction of sp³-hybridized carbons (Fsp3) is 0.188. The molecule has 3 aromatic rings. The molecule has 22 heavy (non-hydrogen) atoms. The van der Waals surface area contributed by atoms with Crippen molar-refractivity contribution in [2.45, 2.75) is 13.0 Å². The lowest BCUT2D eigenvalue weighted by Gasteiger charge is -2.29. The van der Waals surface area contributed by atoms with Crippen LogP contribution in [-0.2, 0) is 6.54 Å². The molecule has 0 atom stereocenters. The Bertz CT molecular complexity index is 872. The van der Waals surface area contributed by atoms with E-state index in [0.717, 1.165) is 42.2 Å². The highest BCUT2D eigenvalue weighted by molar-refractivity contribution is 6.36. The average Bonchev–Trinajstić information content (AvgIpc) is 2.88. The molecular weight excluding hydrogens is 341 g/mol. The predicted octanol–water partition coefficient (Wildman–Crippen LogP) is 5.34. The molecule has 0 spiro atoms. The highest BCUT2D eigenvalue weighted by Crippen LogP contribution is 2.38. The van der Waals surface area contributed by atoms with Crippen molar-refractivity contribution in [3.05, 3.63) is 51.5 Å². The highest BCUT2D eigenvalue weighted by atomic mass is 35.5. The van der Waals surface area contributed by atoms with E-state index >= 15 is 0 Å². The van der Waals surface area contributed by atoms with Gasteiger partial charge < -0.3 is 9.47 Å².